The zero-order valence-corrected chi connectivity index (χ0v) is 13.8. The van der Waals surface area contributed by atoms with Crippen molar-refractivity contribution >= 4 is 11.8 Å². The maximum absolute atomic E-state index is 9.91. The molecule has 1 aliphatic carbocycles. The van der Waals surface area contributed by atoms with Crippen LogP contribution >= 0.6 is 11.8 Å². The second-order valence-corrected chi connectivity index (χ2v) is 6.89. The molecule has 0 radical (unpaired) electrons. The van der Waals surface area contributed by atoms with Crippen molar-refractivity contribution in [2.24, 2.45) is 0 Å². The summed E-state index contributed by atoms with van der Waals surface area (Å²) in [6, 6.07) is 4.30. The minimum absolute atomic E-state index is 0.0593. The zero-order valence-electron chi connectivity index (χ0n) is 13.0. The van der Waals surface area contributed by atoms with E-state index in [2.05, 4.69) is 24.0 Å². The Morgan fingerprint density at radius 1 is 1.24 bits per heavy atom. The van der Waals surface area contributed by atoms with Crippen LogP contribution in [0.1, 0.15) is 31.7 Å². The molecule has 0 aromatic heterocycles. The molecule has 1 aromatic carbocycles. The normalized spacial score (nSPS) is 21.5. The number of phenolic OH excluding ortho intramolecular Hbond substituents is 1. The predicted octanol–water partition coefficient (Wildman–Crippen LogP) is 3.17. The average Bonchev–Trinajstić information content (AvgIpc) is 2.94. The third-order valence-corrected chi connectivity index (χ3v) is 5.15. The Hall–Kier alpha value is -1.07. The minimum atomic E-state index is 0.0593. The van der Waals surface area contributed by atoms with Crippen LogP contribution < -0.4 is 14.8 Å². The van der Waals surface area contributed by atoms with Gasteiger partial charge in [0.25, 0.3) is 0 Å². The van der Waals surface area contributed by atoms with Gasteiger partial charge in [0.15, 0.2) is 11.5 Å². The van der Waals surface area contributed by atoms with Crippen LogP contribution in [0.15, 0.2) is 12.1 Å². The lowest BCUT2D eigenvalue weighted by atomic mass is 10.1. The quantitative estimate of drug-likeness (QED) is 0.810. The highest BCUT2D eigenvalue weighted by atomic mass is 32.2. The molecule has 4 nitrogen and oxygen atoms in total. The van der Waals surface area contributed by atoms with Gasteiger partial charge in [-0.15, -0.1) is 0 Å². The third-order valence-electron chi connectivity index (χ3n) is 3.92. The Morgan fingerprint density at radius 3 is 2.48 bits per heavy atom. The Kier molecular flexibility index (Phi) is 6.06. The smallest absolute Gasteiger partial charge is 0.200 e. The molecule has 2 N–H and O–H groups in total. The third kappa shape index (κ3) is 4.20. The van der Waals surface area contributed by atoms with Crippen molar-refractivity contribution in [3.05, 3.63) is 17.7 Å². The van der Waals surface area contributed by atoms with Crippen LogP contribution in [0.4, 0.5) is 0 Å². The molecule has 21 heavy (non-hydrogen) atoms. The molecule has 1 fully saturated rings. The molecule has 0 spiro atoms. The SMILES string of the molecule is CCSC1CCC(NCc2cc(OC)c(O)c(OC)c2)C1. The van der Waals surface area contributed by atoms with Gasteiger partial charge in [0.1, 0.15) is 0 Å². The minimum Gasteiger partial charge on any atom is -0.502 e. The molecule has 0 bridgehead atoms. The number of ether oxygens (including phenoxy) is 2. The standard InChI is InChI=1S/C16H25NO3S/c1-4-21-13-6-5-12(9-13)17-10-11-7-14(19-2)16(18)15(8-11)20-3/h7-8,12-13,17-18H,4-6,9-10H2,1-3H3. The van der Waals surface area contributed by atoms with Crippen molar-refractivity contribution < 1.29 is 14.6 Å². The van der Waals surface area contributed by atoms with E-state index in [1.807, 2.05) is 12.1 Å². The van der Waals surface area contributed by atoms with E-state index in [0.717, 1.165) is 17.4 Å². The molecule has 5 heteroatoms. The molecule has 0 saturated heterocycles. The van der Waals surface area contributed by atoms with Crippen molar-refractivity contribution in [2.45, 2.75) is 44.0 Å². The number of rotatable bonds is 7. The lowest BCUT2D eigenvalue weighted by Gasteiger charge is -2.15. The van der Waals surface area contributed by atoms with Gasteiger partial charge < -0.3 is 19.9 Å². The fraction of sp³-hybridized carbons (Fsp3) is 0.625. The highest BCUT2D eigenvalue weighted by Gasteiger charge is 2.24. The van der Waals surface area contributed by atoms with E-state index >= 15 is 0 Å². The van der Waals surface area contributed by atoms with E-state index in [9.17, 15) is 5.11 Å². The highest BCUT2D eigenvalue weighted by Crippen LogP contribution is 2.37. The molecule has 1 aliphatic rings. The second kappa shape index (κ2) is 7.80. The summed E-state index contributed by atoms with van der Waals surface area (Å²) in [5.74, 6) is 2.17. The first-order valence-electron chi connectivity index (χ1n) is 7.46. The van der Waals surface area contributed by atoms with Gasteiger partial charge in [-0.05, 0) is 42.7 Å². The van der Waals surface area contributed by atoms with Gasteiger partial charge in [0, 0.05) is 17.8 Å². The Bertz CT molecular complexity index is 442. The number of aromatic hydroxyl groups is 1. The number of hydrogen-bond donors (Lipinski definition) is 2. The zero-order chi connectivity index (χ0) is 15.2. The fourth-order valence-corrected chi connectivity index (χ4v) is 3.97. The lowest BCUT2D eigenvalue weighted by Crippen LogP contribution is -2.26. The summed E-state index contributed by atoms with van der Waals surface area (Å²) >= 11 is 2.07. The maximum atomic E-state index is 9.91. The first-order valence-corrected chi connectivity index (χ1v) is 8.51. The van der Waals surface area contributed by atoms with Crippen molar-refractivity contribution in [3.8, 4) is 17.2 Å². The molecule has 0 aliphatic heterocycles. The highest BCUT2D eigenvalue weighted by molar-refractivity contribution is 7.99. The van der Waals surface area contributed by atoms with E-state index in [1.54, 1.807) is 14.2 Å². The summed E-state index contributed by atoms with van der Waals surface area (Å²) in [5, 5.41) is 14.3. The van der Waals surface area contributed by atoms with Gasteiger partial charge in [-0.2, -0.15) is 11.8 Å². The van der Waals surface area contributed by atoms with Crippen LogP contribution in [0.25, 0.3) is 0 Å². The summed E-state index contributed by atoms with van der Waals surface area (Å²) < 4.78 is 10.4. The number of nitrogens with one attached hydrogen (secondary N) is 1. The molecule has 0 heterocycles. The Morgan fingerprint density at radius 2 is 1.90 bits per heavy atom. The fourth-order valence-electron chi connectivity index (χ4n) is 2.82. The van der Waals surface area contributed by atoms with Crippen LogP contribution in [0.5, 0.6) is 17.2 Å². The number of phenols is 1. The summed E-state index contributed by atoms with van der Waals surface area (Å²) in [5.41, 5.74) is 1.06. The van der Waals surface area contributed by atoms with Crippen molar-refractivity contribution in [1.29, 1.82) is 0 Å². The van der Waals surface area contributed by atoms with Crippen LogP contribution in [-0.4, -0.2) is 36.4 Å². The van der Waals surface area contributed by atoms with Crippen molar-refractivity contribution in [1.82, 2.24) is 5.32 Å². The van der Waals surface area contributed by atoms with E-state index < -0.39 is 0 Å². The van der Waals surface area contributed by atoms with E-state index in [1.165, 1.54) is 25.0 Å². The monoisotopic (exact) mass is 311 g/mol. The first kappa shape index (κ1) is 16.3. The second-order valence-electron chi connectivity index (χ2n) is 5.32. The number of hydrogen-bond acceptors (Lipinski definition) is 5. The van der Waals surface area contributed by atoms with Gasteiger partial charge in [0.05, 0.1) is 14.2 Å². The van der Waals surface area contributed by atoms with Gasteiger partial charge in [-0.25, -0.2) is 0 Å². The molecule has 2 atom stereocenters. The molecule has 1 saturated carbocycles. The van der Waals surface area contributed by atoms with Crippen LogP contribution in [0.3, 0.4) is 0 Å². The van der Waals surface area contributed by atoms with Crippen LogP contribution in [-0.2, 0) is 6.54 Å². The molecule has 2 unspecified atom stereocenters. The van der Waals surface area contributed by atoms with Crippen LogP contribution in [0.2, 0.25) is 0 Å². The van der Waals surface area contributed by atoms with E-state index in [0.29, 0.717) is 17.5 Å². The first-order chi connectivity index (χ1) is 10.2. The number of methoxy groups -OCH3 is 2. The summed E-state index contributed by atoms with van der Waals surface area (Å²) in [4.78, 5) is 0. The van der Waals surface area contributed by atoms with Crippen molar-refractivity contribution in [3.63, 3.8) is 0 Å². The molecular weight excluding hydrogens is 286 g/mol. The van der Waals surface area contributed by atoms with Gasteiger partial charge in [0.2, 0.25) is 5.75 Å². The number of thioether (sulfide) groups is 1. The summed E-state index contributed by atoms with van der Waals surface area (Å²) in [6.07, 6.45) is 3.78. The number of benzene rings is 1. The molecule has 1 aromatic rings. The maximum Gasteiger partial charge on any atom is 0.200 e. The Labute approximate surface area is 131 Å². The van der Waals surface area contributed by atoms with Gasteiger partial charge >= 0.3 is 0 Å². The van der Waals surface area contributed by atoms with Gasteiger partial charge in [-0.3, -0.25) is 0 Å². The van der Waals surface area contributed by atoms with Crippen LogP contribution in [0, 0.1) is 0 Å². The summed E-state index contributed by atoms with van der Waals surface area (Å²) in [7, 11) is 3.10. The predicted molar refractivity (Wildman–Crippen MR) is 87.6 cm³/mol. The van der Waals surface area contributed by atoms with E-state index in [4.69, 9.17) is 9.47 Å². The lowest BCUT2D eigenvalue weighted by molar-refractivity contribution is 0.338. The van der Waals surface area contributed by atoms with E-state index in [-0.39, 0.29) is 5.75 Å². The molecule has 0 amide bonds. The topological polar surface area (TPSA) is 50.7 Å². The molecular formula is C16H25NO3S. The molecule has 118 valence electrons. The largest absolute Gasteiger partial charge is 0.502 e. The molecule has 2 rings (SSSR count). The average molecular weight is 311 g/mol. The summed E-state index contributed by atoms with van der Waals surface area (Å²) in [6.45, 7) is 2.99. The Balaban J connectivity index is 1.94. The van der Waals surface area contributed by atoms with Crippen molar-refractivity contribution in [2.75, 3.05) is 20.0 Å². The van der Waals surface area contributed by atoms with Gasteiger partial charge in [-0.1, -0.05) is 6.92 Å².